The van der Waals surface area contributed by atoms with Crippen LogP contribution in [0.4, 0.5) is 5.69 Å². The third kappa shape index (κ3) is 5.86. The molecular weight excluding hydrogens is 320 g/mol. The van der Waals surface area contributed by atoms with Gasteiger partial charge < -0.3 is 10.6 Å². The van der Waals surface area contributed by atoms with Crippen molar-refractivity contribution in [2.75, 3.05) is 16.8 Å². The van der Waals surface area contributed by atoms with Gasteiger partial charge in [0, 0.05) is 11.7 Å². The molecule has 132 valence electrons. The molecule has 0 spiro atoms. The van der Waals surface area contributed by atoms with Crippen LogP contribution < -0.4 is 10.6 Å². The first kappa shape index (κ1) is 18.8. The number of carbonyl (C=O) groups is 2. The van der Waals surface area contributed by atoms with Crippen LogP contribution in [0.2, 0.25) is 0 Å². The van der Waals surface area contributed by atoms with Gasteiger partial charge in [-0.25, -0.2) is 0 Å². The van der Waals surface area contributed by atoms with Gasteiger partial charge in [0.15, 0.2) is 0 Å². The predicted octanol–water partition coefficient (Wildman–Crippen LogP) is 3.61. The van der Waals surface area contributed by atoms with Crippen molar-refractivity contribution in [3.8, 4) is 0 Å². The molecule has 5 heteroatoms. The van der Waals surface area contributed by atoms with Crippen LogP contribution in [0.25, 0.3) is 0 Å². The quantitative estimate of drug-likeness (QED) is 0.826. The summed E-state index contributed by atoms with van der Waals surface area (Å²) in [6, 6.07) is 7.98. The van der Waals surface area contributed by atoms with E-state index in [1.165, 1.54) is 24.6 Å². The number of benzene rings is 1. The average molecular weight is 349 g/mol. The number of nitrogens with one attached hydrogen (secondary N) is 2. The number of thioether (sulfide) groups is 1. The van der Waals surface area contributed by atoms with E-state index >= 15 is 0 Å². The SMILES string of the molecule is Cc1cccc(NC(=O)CSCC(=O)N[C@H]2CCC[C@H](C)[C@@H]2C)c1. The van der Waals surface area contributed by atoms with Crippen LogP contribution in [0.1, 0.15) is 38.7 Å². The number of hydrogen-bond acceptors (Lipinski definition) is 3. The average Bonchev–Trinajstić information content (AvgIpc) is 2.52. The molecule has 1 aliphatic rings. The zero-order valence-corrected chi connectivity index (χ0v) is 15.6. The van der Waals surface area contributed by atoms with Crippen LogP contribution in [-0.2, 0) is 9.59 Å². The molecule has 3 atom stereocenters. The zero-order valence-electron chi connectivity index (χ0n) is 14.8. The Morgan fingerprint density at radius 2 is 1.92 bits per heavy atom. The van der Waals surface area contributed by atoms with E-state index in [1.54, 1.807) is 0 Å². The highest BCUT2D eigenvalue weighted by Gasteiger charge is 2.27. The minimum Gasteiger partial charge on any atom is -0.352 e. The minimum atomic E-state index is -0.0712. The minimum absolute atomic E-state index is 0.0364. The topological polar surface area (TPSA) is 58.2 Å². The largest absolute Gasteiger partial charge is 0.352 e. The smallest absolute Gasteiger partial charge is 0.234 e. The first-order valence-corrected chi connectivity index (χ1v) is 9.85. The van der Waals surface area contributed by atoms with Crippen molar-refractivity contribution >= 4 is 29.3 Å². The van der Waals surface area contributed by atoms with Gasteiger partial charge in [-0.1, -0.05) is 38.8 Å². The van der Waals surface area contributed by atoms with E-state index in [9.17, 15) is 9.59 Å². The van der Waals surface area contributed by atoms with Gasteiger partial charge in [-0.3, -0.25) is 9.59 Å². The van der Waals surface area contributed by atoms with Crippen molar-refractivity contribution in [2.45, 2.75) is 46.1 Å². The summed E-state index contributed by atoms with van der Waals surface area (Å²) in [6.45, 7) is 6.46. The number of carbonyl (C=O) groups excluding carboxylic acids is 2. The molecule has 1 fully saturated rings. The highest BCUT2D eigenvalue weighted by atomic mass is 32.2. The lowest BCUT2D eigenvalue weighted by Gasteiger charge is -2.34. The summed E-state index contributed by atoms with van der Waals surface area (Å²) < 4.78 is 0. The molecule has 2 N–H and O–H groups in total. The first-order valence-electron chi connectivity index (χ1n) is 8.69. The molecular formula is C19H28N2O2S. The Hall–Kier alpha value is -1.49. The summed E-state index contributed by atoms with van der Waals surface area (Å²) in [5.74, 6) is 1.78. The van der Waals surface area contributed by atoms with Crippen molar-refractivity contribution in [3.05, 3.63) is 29.8 Å². The molecule has 0 saturated heterocycles. The van der Waals surface area contributed by atoms with Gasteiger partial charge in [0.2, 0.25) is 11.8 Å². The first-order chi connectivity index (χ1) is 11.5. The van der Waals surface area contributed by atoms with Gasteiger partial charge in [0.1, 0.15) is 0 Å². The van der Waals surface area contributed by atoms with Crippen LogP contribution in [0.3, 0.4) is 0 Å². The Bertz CT molecular complexity index is 576. The molecule has 0 heterocycles. The van der Waals surface area contributed by atoms with E-state index in [2.05, 4.69) is 24.5 Å². The molecule has 1 aromatic carbocycles. The second-order valence-electron chi connectivity index (χ2n) is 6.85. The van der Waals surface area contributed by atoms with E-state index in [0.29, 0.717) is 17.6 Å². The molecule has 4 nitrogen and oxygen atoms in total. The summed E-state index contributed by atoms with van der Waals surface area (Å²) in [6.07, 6.45) is 3.50. The van der Waals surface area contributed by atoms with Gasteiger partial charge >= 0.3 is 0 Å². The standard InChI is InChI=1S/C19H28N2O2S/c1-13-6-4-8-16(10-13)20-18(22)11-24-12-19(23)21-17-9-5-7-14(2)15(17)3/h4,6,8,10,14-15,17H,5,7,9,11-12H2,1-3H3,(H,20,22)(H,21,23)/t14-,15-,17-/m0/s1. The summed E-state index contributed by atoms with van der Waals surface area (Å²) in [5, 5.41) is 6.00. The van der Waals surface area contributed by atoms with Crippen molar-refractivity contribution in [1.82, 2.24) is 5.32 Å². The summed E-state index contributed by atoms with van der Waals surface area (Å²) in [4.78, 5) is 24.0. The molecule has 1 saturated carbocycles. The van der Waals surface area contributed by atoms with E-state index < -0.39 is 0 Å². The molecule has 24 heavy (non-hydrogen) atoms. The van der Waals surface area contributed by atoms with Crippen molar-refractivity contribution in [1.29, 1.82) is 0 Å². The predicted molar refractivity (Wildman–Crippen MR) is 101 cm³/mol. The Labute approximate surface area is 149 Å². The summed E-state index contributed by atoms with van der Waals surface area (Å²) >= 11 is 1.36. The highest BCUT2D eigenvalue weighted by Crippen LogP contribution is 2.29. The van der Waals surface area contributed by atoms with E-state index in [0.717, 1.165) is 17.7 Å². The number of rotatable bonds is 6. The molecule has 0 aromatic heterocycles. The van der Waals surface area contributed by atoms with E-state index in [1.807, 2.05) is 31.2 Å². The number of aryl methyl sites for hydroxylation is 1. The van der Waals surface area contributed by atoms with Gasteiger partial charge in [-0.2, -0.15) is 0 Å². The Balaban J connectivity index is 1.67. The van der Waals surface area contributed by atoms with E-state index in [4.69, 9.17) is 0 Å². The number of anilines is 1. The summed E-state index contributed by atoms with van der Waals surface area (Å²) in [5.41, 5.74) is 1.91. The maximum absolute atomic E-state index is 12.1. The third-order valence-electron chi connectivity index (χ3n) is 4.82. The highest BCUT2D eigenvalue weighted by molar-refractivity contribution is 8.00. The maximum Gasteiger partial charge on any atom is 0.234 e. The second-order valence-corrected chi connectivity index (χ2v) is 7.84. The van der Waals surface area contributed by atoms with Crippen molar-refractivity contribution in [3.63, 3.8) is 0 Å². The van der Waals surface area contributed by atoms with Crippen LogP contribution in [0.15, 0.2) is 24.3 Å². The molecule has 1 aromatic rings. The Morgan fingerprint density at radius 3 is 2.67 bits per heavy atom. The van der Waals surface area contributed by atoms with Crippen LogP contribution in [0, 0.1) is 18.8 Å². The summed E-state index contributed by atoms with van der Waals surface area (Å²) in [7, 11) is 0. The second kappa shape index (κ2) is 9.11. The zero-order chi connectivity index (χ0) is 17.5. The molecule has 0 aliphatic heterocycles. The van der Waals surface area contributed by atoms with Crippen molar-refractivity contribution in [2.24, 2.45) is 11.8 Å². The molecule has 2 amide bonds. The number of amides is 2. The number of hydrogen-bond donors (Lipinski definition) is 2. The maximum atomic E-state index is 12.1. The van der Waals surface area contributed by atoms with Crippen LogP contribution in [0.5, 0.6) is 0 Å². The molecule has 0 bridgehead atoms. The normalized spacial score (nSPS) is 23.5. The fourth-order valence-electron chi connectivity index (χ4n) is 3.19. The third-order valence-corrected chi connectivity index (χ3v) is 5.75. The lowest BCUT2D eigenvalue weighted by atomic mass is 9.78. The Morgan fingerprint density at radius 1 is 1.17 bits per heavy atom. The molecule has 0 radical (unpaired) electrons. The van der Waals surface area contributed by atoms with Crippen LogP contribution >= 0.6 is 11.8 Å². The fraction of sp³-hybridized carbons (Fsp3) is 0.579. The van der Waals surface area contributed by atoms with Gasteiger partial charge in [0.05, 0.1) is 11.5 Å². The van der Waals surface area contributed by atoms with E-state index in [-0.39, 0.29) is 23.6 Å². The van der Waals surface area contributed by atoms with Gasteiger partial charge in [-0.05, 0) is 42.9 Å². The van der Waals surface area contributed by atoms with Gasteiger partial charge in [-0.15, -0.1) is 11.8 Å². The van der Waals surface area contributed by atoms with Crippen LogP contribution in [-0.4, -0.2) is 29.4 Å². The monoisotopic (exact) mass is 348 g/mol. The Kier molecular flexibility index (Phi) is 7.16. The molecule has 1 aliphatic carbocycles. The lowest BCUT2D eigenvalue weighted by Crippen LogP contribution is -2.44. The van der Waals surface area contributed by atoms with Gasteiger partial charge in [0.25, 0.3) is 0 Å². The fourth-order valence-corrected chi connectivity index (χ4v) is 3.82. The van der Waals surface area contributed by atoms with Crippen molar-refractivity contribution < 1.29 is 9.59 Å². The molecule has 0 unspecified atom stereocenters. The molecule has 2 rings (SSSR count). The lowest BCUT2D eigenvalue weighted by molar-refractivity contribution is -0.120.